The van der Waals surface area contributed by atoms with E-state index in [1.807, 2.05) is 18.2 Å². The summed E-state index contributed by atoms with van der Waals surface area (Å²) in [6.45, 7) is 0.462. The van der Waals surface area contributed by atoms with Crippen molar-refractivity contribution >= 4 is 15.9 Å². The first-order valence-corrected chi connectivity index (χ1v) is 4.67. The number of halogens is 1. The first-order valence-electron chi connectivity index (χ1n) is 3.75. The maximum absolute atomic E-state index is 8.72. The van der Waals surface area contributed by atoms with Crippen LogP contribution in [0, 0.1) is 11.3 Å². The third-order valence-corrected chi connectivity index (χ3v) is 1.81. The van der Waals surface area contributed by atoms with E-state index in [0.717, 1.165) is 0 Å². The average molecular weight is 238 g/mol. The summed E-state index contributed by atoms with van der Waals surface area (Å²) in [6, 6.07) is 9.22. The van der Waals surface area contributed by atoms with Crippen LogP contribution in [-0.2, 0) is 0 Å². The molecule has 1 rings (SSSR count). The van der Waals surface area contributed by atoms with Crippen LogP contribution in [0.5, 0.6) is 5.75 Å². The second-order valence-electron chi connectivity index (χ2n) is 2.28. The quantitative estimate of drug-likeness (QED) is 0.811. The van der Waals surface area contributed by atoms with E-state index in [1.54, 1.807) is 17.1 Å². The number of rotatable bonds is 3. The Morgan fingerprint density at radius 2 is 2.23 bits per heavy atom. The van der Waals surface area contributed by atoms with Gasteiger partial charge in [-0.05, 0) is 23.2 Å². The number of ether oxygens (including phenoxy) is 1. The molecule has 0 fully saturated rings. The molecule has 0 atom stereocenters. The van der Waals surface area contributed by atoms with Gasteiger partial charge in [0, 0.05) is 0 Å². The van der Waals surface area contributed by atoms with E-state index in [-0.39, 0.29) is 0 Å². The SMILES string of the molecule is N#Cc1ccccc1OC/C=C/Br. The van der Waals surface area contributed by atoms with Crippen LogP contribution < -0.4 is 4.74 Å². The molecular weight excluding hydrogens is 230 g/mol. The van der Waals surface area contributed by atoms with Crippen molar-refractivity contribution in [3.63, 3.8) is 0 Å². The predicted octanol–water partition coefficient (Wildman–Crippen LogP) is 2.85. The first kappa shape index (κ1) is 9.82. The minimum atomic E-state index is 0.462. The lowest BCUT2D eigenvalue weighted by atomic mass is 10.2. The van der Waals surface area contributed by atoms with Crippen LogP contribution in [0.4, 0.5) is 0 Å². The Kier molecular flexibility index (Phi) is 4.07. The predicted molar refractivity (Wildman–Crippen MR) is 54.7 cm³/mol. The fourth-order valence-corrected chi connectivity index (χ4v) is 1.01. The molecule has 0 spiro atoms. The lowest BCUT2D eigenvalue weighted by molar-refractivity contribution is 0.362. The monoisotopic (exact) mass is 237 g/mol. The number of benzene rings is 1. The zero-order valence-corrected chi connectivity index (χ0v) is 8.49. The summed E-state index contributed by atoms with van der Waals surface area (Å²) < 4.78 is 5.33. The maximum atomic E-state index is 8.72. The van der Waals surface area contributed by atoms with Crippen LogP contribution in [-0.4, -0.2) is 6.61 Å². The number of nitrogens with zero attached hydrogens (tertiary/aromatic N) is 1. The van der Waals surface area contributed by atoms with Crippen molar-refractivity contribution < 1.29 is 4.74 Å². The summed E-state index contributed by atoms with van der Waals surface area (Å²) in [5, 5.41) is 8.72. The molecule has 0 amide bonds. The molecule has 0 aliphatic carbocycles. The molecule has 0 saturated carbocycles. The fourth-order valence-electron chi connectivity index (χ4n) is 0.859. The molecule has 0 saturated heterocycles. The Labute approximate surface area is 85.6 Å². The van der Waals surface area contributed by atoms with Crippen molar-refractivity contribution in [2.75, 3.05) is 6.61 Å². The minimum Gasteiger partial charge on any atom is -0.488 e. The maximum Gasteiger partial charge on any atom is 0.137 e. The second kappa shape index (κ2) is 5.39. The van der Waals surface area contributed by atoms with Gasteiger partial charge in [-0.15, -0.1) is 0 Å². The highest BCUT2D eigenvalue weighted by Crippen LogP contribution is 2.16. The molecule has 0 bridgehead atoms. The molecular formula is C10H8BrNO. The molecule has 0 unspecified atom stereocenters. The standard InChI is InChI=1S/C10H8BrNO/c11-6-3-7-13-10-5-2-1-4-9(10)8-12/h1-6H,7H2/b6-3+. The van der Waals surface area contributed by atoms with Gasteiger partial charge < -0.3 is 4.74 Å². The van der Waals surface area contributed by atoms with Gasteiger partial charge in [-0.25, -0.2) is 0 Å². The molecule has 2 nitrogen and oxygen atoms in total. The summed E-state index contributed by atoms with van der Waals surface area (Å²) in [6.07, 6.45) is 1.81. The van der Waals surface area contributed by atoms with E-state index >= 15 is 0 Å². The molecule has 0 aromatic heterocycles. The molecule has 0 aliphatic heterocycles. The third-order valence-electron chi connectivity index (χ3n) is 1.43. The third kappa shape index (κ3) is 2.92. The van der Waals surface area contributed by atoms with Gasteiger partial charge in [0.05, 0.1) is 5.56 Å². The van der Waals surface area contributed by atoms with Crippen LogP contribution in [0.15, 0.2) is 35.3 Å². The average Bonchev–Trinajstić information content (AvgIpc) is 2.19. The highest BCUT2D eigenvalue weighted by atomic mass is 79.9. The van der Waals surface area contributed by atoms with Crippen molar-refractivity contribution in [3.05, 3.63) is 40.9 Å². The van der Waals surface area contributed by atoms with Crippen LogP contribution in [0.25, 0.3) is 0 Å². The Bertz CT molecular complexity index is 341. The van der Waals surface area contributed by atoms with E-state index in [0.29, 0.717) is 17.9 Å². The van der Waals surface area contributed by atoms with Crippen molar-refractivity contribution in [2.45, 2.75) is 0 Å². The molecule has 13 heavy (non-hydrogen) atoms. The van der Waals surface area contributed by atoms with Gasteiger partial charge in [-0.1, -0.05) is 28.1 Å². The second-order valence-corrected chi connectivity index (χ2v) is 2.81. The van der Waals surface area contributed by atoms with Gasteiger partial charge >= 0.3 is 0 Å². The largest absolute Gasteiger partial charge is 0.488 e. The minimum absolute atomic E-state index is 0.462. The smallest absolute Gasteiger partial charge is 0.137 e. The molecule has 0 heterocycles. The summed E-state index contributed by atoms with van der Waals surface area (Å²) in [5.74, 6) is 0.621. The van der Waals surface area contributed by atoms with Gasteiger partial charge in [-0.2, -0.15) is 5.26 Å². The van der Waals surface area contributed by atoms with Gasteiger partial charge in [0.2, 0.25) is 0 Å². The summed E-state index contributed by atoms with van der Waals surface area (Å²) >= 11 is 3.13. The van der Waals surface area contributed by atoms with Crippen molar-refractivity contribution in [1.29, 1.82) is 5.26 Å². The zero-order chi connectivity index (χ0) is 9.52. The van der Waals surface area contributed by atoms with Crippen LogP contribution in [0.3, 0.4) is 0 Å². The van der Waals surface area contributed by atoms with Gasteiger partial charge in [0.15, 0.2) is 0 Å². The highest BCUT2D eigenvalue weighted by Gasteiger charge is 1.98. The van der Waals surface area contributed by atoms with Crippen molar-refractivity contribution in [1.82, 2.24) is 0 Å². The van der Waals surface area contributed by atoms with Gasteiger partial charge in [0.1, 0.15) is 18.4 Å². The van der Waals surface area contributed by atoms with Crippen LogP contribution >= 0.6 is 15.9 Å². The number of para-hydroxylation sites is 1. The van der Waals surface area contributed by atoms with E-state index in [1.165, 1.54) is 0 Å². The number of hydrogen-bond acceptors (Lipinski definition) is 2. The van der Waals surface area contributed by atoms with Gasteiger partial charge in [-0.3, -0.25) is 0 Å². The summed E-state index contributed by atoms with van der Waals surface area (Å²) in [5.41, 5.74) is 0.561. The molecule has 0 radical (unpaired) electrons. The first-order chi connectivity index (χ1) is 6.38. The Morgan fingerprint density at radius 3 is 2.92 bits per heavy atom. The van der Waals surface area contributed by atoms with E-state index < -0.39 is 0 Å². The molecule has 3 heteroatoms. The number of hydrogen-bond donors (Lipinski definition) is 0. The topological polar surface area (TPSA) is 33.0 Å². The summed E-state index contributed by atoms with van der Waals surface area (Å²) in [4.78, 5) is 1.72. The fraction of sp³-hybridized carbons (Fsp3) is 0.100. The van der Waals surface area contributed by atoms with E-state index in [2.05, 4.69) is 22.0 Å². The van der Waals surface area contributed by atoms with Gasteiger partial charge in [0.25, 0.3) is 0 Å². The molecule has 0 aliphatic rings. The lowest BCUT2D eigenvalue weighted by Gasteiger charge is -2.03. The molecule has 66 valence electrons. The van der Waals surface area contributed by atoms with Crippen LogP contribution in [0.1, 0.15) is 5.56 Å². The number of nitriles is 1. The highest BCUT2D eigenvalue weighted by molar-refractivity contribution is 9.11. The van der Waals surface area contributed by atoms with Crippen LogP contribution in [0.2, 0.25) is 0 Å². The molecule has 0 N–H and O–H groups in total. The van der Waals surface area contributed by atoms with Crippen molar-refractivity contribution in [2.24, 2.45) is 0 Å². The normalized spacial score (nSPS) is 9.85. The molecule has 1 aromatic rings. The lowest BCUT2D eigenvalue weighted by Crippen LogP contribution is -1.94. The van der Waals surface area contributed by atoms with E-state index in [9.17, 15) is 0 Å². The zero-order valence-electron chi connectivity index (χ0n) is 6.90. The van der Waals surface area contributed by atoms with Crippen molar-refractivity contribution in [3.8, 4) is 11.8 Å². The Hall–Kier alpha value is -1.27. The summed E-state index contributed by atoms with van der Waals surface area (Å²) in [7, 11) is 0. The van der Waals surface area contributed by atoms with E-state index in [4.69, 9.17) is 10.00 Å². The molecule has 1 aromatic carbocycles. The Morgan fingerprint density at radius 1 is 1.46 bits per heavy atom. The Balaban J connectivity index is 2.71.